The molecule has 0 N–H and O–H groups in total. The standard InChI is InChI=1S/C14H24O2/c1-2-3-4-5-6-7-8-9-10-11-12-13-14(15)16/h6-7,9-10H,2-5,8,11-13H2,1H3,(H,15,16)/p-1/b7-6+,10-9+. The van der Waals surface area contributed by atoms with Crippen LogP contribution in [0.15, 0.2) is 24.3 Å². The van der Waals surface area contributed by atoms with E-state index in [0.717, 1.165) is 12.8 Å². The van der Waals surface area contributed by atoms with Crippen LogP contribution in [0.1, 0.15) is 58.3 Å². The van der Waals surface area contributed by atoms with Crippen molar-refractivity contribution < 1.29 is 9.90 Å². The number of hydrogen-bond acceptors (Lipinski definition) is 2. The number of carbonyl (C=O) groups is 1. The molecule has 0 spiro atoms. The van der Waals surface area contributed by atoms with E-state index < -0.39 is 5.97 Å². The molecule has 0 bridgehead atoms. The van der Waals surface area contributed by atoms with Crippen LogP contribution in [0.5, 0.6) is 0 Å². The van der Waals surface area contributed by atoms with Crippen molar-refractivity contribution in [2.75, 3.05) is 0 Å². The fourth-order valence-electron chi connectivity index (χ4n) is 1.38. The van der Waals surface area contributed by atoms with Crippen LogP contribution in [0.2, 0.25) is 0 Å². The Morgan fingerprint density at radius 3 is 2.19 bits per heavy atom. The van der Waals surface area contributed by atoms with Crippen LogP contribution in [-0.4, -0.2) is 5.97 Å². The van der Waals surface area contributed by atoms with Crippen molar-refractivity contribution in [3.05, 3.63) is 24.3 Å². The molecular weight excluding hydrogens is 200 g/mol. The number of hydrogen-bond donors (Lipinski definition) is 0. The van der Waals surface area contributed by atoms with Gasteiger partial charge < -0.3 is 9.90 Å². The lowest BCUT2D eigenvalue weighted by atomic mass is 10.2. The van der Waals surface area contributed by atoms with Crippen molar-refractivity contribution in [3.8, 4) is 0 Å². The van der Waals surface area contributed by atoms with E-state index in [1.54, 1.807) is 0 Å². The van der Waals surface area contributed by atoms with Crippen LogP contribution in [0.4, 0.5) is 0 Å². The third-order valence-electron chi connectivity index (χ3n) is 2.33. The summed E-state index contributed by atoms with van der Waals surface area (Å²) in [7, 11) is 0. The van der Waals surface area contributed by atoms with E-state index in [1.165, 1.54) is 25.7 Å². The number of aliphatic carboxylic acids is 1. The number of carboxylic acids is 1. The van der Waals surface area contributed by atoms with Gasteiger partial charge >= 0.3 is 0 Å². The molecule has 0 heterocycles. The van der Waals surface area contributed by atoms with E-state index in [4.69, 9.17) is 0 Å². The topological polar surface area (TPSA) is 40.1 Å². The molecule has 2 heteroatoms. The molecule has 0 aliphatic rings. The molecule has 0 fully saturated rings. The van der Waals surface area contributed by atoms with Gasteiger partial charge in [0.1, 0.15) is 0 Å². The van der Waals surface area contributed by atoms with Crippen molar-refractivity contribution in [2.24, 2.45) is 0 Å². The Bertz CT molecular complexity index is 217. The largest absolute Gasteiger partial charge is 0.550 e. The van der Waals surface area contributed by atoms with Crippen molar-refractivity contribution in [1.82, 2.24) is 0 Å². The van der Waals surface area contributed by atoms with E-state index in [2.05, 4.69) is 25.2 Å². The molecule has 0 saturated carbocycles. The third kappa shape index (κ3) is 12.9. The Balaban J connectivity index is 3.23. The molecule has 92 valence electrons. The Kier molecular flexibility index (Phi) is 11.2. The van der Waals surface area contributed by atoms with Gasteiger partial charge in [-0.25, -0.2) is 0 Å². The summed E-state index contributed by atoms with van der Waals surface area (Å²) in [4.78, 5) is 10.1. The second kappa shape index (κ2) is 12.0. The summed E-state index contributed by atoms with van der Waals surface area (Å²) in [6.45, 7) is 2.21. The van der Waals surface area contributed by atoms with E-state index in [9.17, 15) is 9.90 Å². The highest BCUT2D eigenvalue weighted by Gasteiger charge is 1.84. The monoisotopic (exact) mass is 223 g/mol. The summed E-state index contributed by atoms with van der Waals surface area (Å²) in [6, 6.07) is 0. The first-order valence-electron chi connectivity index (χ1n) is 6.27. The lowest BCUT2D eigenvalue weighted by molar-refractivity contribution is -0.305. The van der Waals surface area contributed by atoms with Crippen molar-refractivity contribution >= 4 is 5.97 Å². The Morgan fingerprint density at radius 2 is 1.62 bits per heavy atom. The van der Waals surface area contributed by atoms with E-state index in [0.29, 0.717) is 6.42 Å². The number of carbonyl (C=O) groups excluding carboxylic acids is 1. The second-order valence-corrected chi connectivity index (χ2v) is 3.94. The molecule has 0 aliphatic carbocycles. The fourth-order valence-corrected chi connectivity index (χ4v) is 1.38. The lowest BCUT2D eigenvalue weighted by Crippen LogP contribution is -2.21. The zero-order valence-electron chi connectivity index (χ0n) is 10.3. The molecular formula is C14H23O2-. The summed E-state index contributed by atoms with van der Waals surface area (Å²) in [5.74, 6) is -0.954. The average Bonchev–Trinajstić information content (AvgIpc) is 2.25. The zero-order valence-corrected chi connectivity index (χ0v) is 10.3. The summed E-state index contributed by atoms with van der Waals surface area (Å²) >= 11 is 0. The highest BCUT2D eigenvalue weighted by atomic mass is 16.4. The van der Waals surface area contributed by atoms with Gasteiger partial charge in [-0.3, -0.25) is 0 Å². The van der Waals surface area contributed by atoms with E-state index in [1.807, 2.05) is 6.08 Å². The summed E-state index contributed by atoms with van der Waals surface area (Å²) in [5, 5.41) is 10.1. The maximum atomic E-state index is 10.1. The second-order valence-electron chi connectivity index (χ2n) is 3.94. The summed E-state index contributed by atoms with van der Waals surface area (Å²) in [6.07, 6.45) is 16.2. The number of rotatable bonds is 10. The third-order valence-corrected chi connectivity index (χ3v) is 2.33. The van der Waals surface area contributed by atoms with Gasteiger partial charge in [0.05, 0.1) is 0 Å². The van der Waals surface area contributed by atoms with Gasteiger partial charge in [-0.1, -0.05) is 44.1 Å². The molecule has 0 unspecified atom stereocenters. The van der Waals surface area contributed by atoms with Crippen molar-refractivity contribution in [1.29, 1.82) is 0 Å². The minimum atomic E-state index is -0.954. The molecule has 0 saturated heterocycles. The SMILES string of the molecule is CCCCC/C=C/C/C=C/CCCC(=O)[O-]. The van der Waals surface area contributed by atoms with Gasteiger partial charge in [0.25, 0.3) is 0 Å². The van der Waals surface area contributed by atoms with Crippen LogP contribution >= 0.6 is 0 Å². The van der Waals surface area contributed by atoms with Gasteiger partial charge in [-0.05, 0) is 38.5 Å². The van der Waals surface area contributed by atoms with E-state index >= 15 is 0 Å². The van der Waals surface area contributed by atoms with Crippen LogP contribution < -0.4 is 5.11 Å². The maximum absolute atomic E-state index is 10.1. The molecule has 0 aliphatic heterocycles. The quantitative estimate of drug-likeness (QED) is 0.422. The van der Waals surface area contributed by atoms with Gasteiger partial charge in [0.2, 0.25) is 0 Å². The van der Waals surface area contributed by atoms with Gasteiger partial charge in [-0.15, -0.1) is 0 Å². The summed E-state index contributed by atoms with van der Waals surface area (Å²) < 4.78 is 0. The summed E-state index contributed by atoms with van der Waals surface area (Å²) in [5.41, 5.74) is 0. The maximum Gasteiger partial charge on any atom is 0.0414 e. The van der Waals surface area contributed by atoms with Crippen LogP contribution in [0.3, 0.4) is 0 Å². The number of carboxylic acid groups (broad SMARTS) is 1. The van der Waals surface area contributed by atoms with Gasteiger partial charge in [-0.2, -0.15) is 0 Å². The molecule has 0 amide bonds. The zero-order chi connectivity index (χ0) is 12.1. The normalized spacial score (nSPS) is 11.6. The van der Waals surface area contributed by atoms with E-state index in [-0.39, 0.29) is 6.42 Å². The number of unbranched alkanes of at least 4 members (excludes halogenated alkanes) is 4. The lowest BCUT2D eigenvalue weighted by Gasteiger charge is -1.97. The predicted octanol–water partition coefficient (Wildman–Crippen LogP) is 2.99. The van der Waals surface area contributed by atoms with Crippen LogP contribution in [0.25, 0.3) is 0 Å². The van der Waals surface area contributed by atoms with Crippen molar-refractivity contribution in [2.45, 2.75) is 58.3 Å². The minimum Gasteiger partial charge on any atom is -0.550 e. The fraction of sp³-hybridized carbons (Fsp3) is 0.643. The molecule has 0 aromatic rings. The number of allylic oxidation sites excluding steroid dienone is 4. The van der Waals surface area contributed by atoms with Crippen molar-refractivity contribution in [3.63, 3.8) is 0 Å². The first kappa shape index (κ1) is 14.9. The Labute approximate surface area is 99.1 Å². The van der Waals surface area contributed by atoms with Gasteiger partial charge in [0.15, 0.2) is 0 Å². The van der Waals surface area contributed by atoms with Crippen LogP contribution in [0, 0.1) is 0 Å². The molecule has 0 aromatic heterocycles. The Morgan fingerprint density at radius 1 is 1.00 bits per heavy atom. The predicted molar refractivity (Wildman–Crippen MR) is 65.9 cm³/mol. The minimum absolute atomic E-state index is 0.164. The van der Waals surface area contributed by atoms with Crippen LogP contribution in [-0.2, 0) is 4.79 Å². The first-order chi connectivity index (χ1) is 7.77. The highest BCUT2D eigenvalue weighted by Crippen LogP contribution is 2.01. The average molecular weight is 223 g/mol. The highest BCUT2D eigenvalue weighted by molar-refractivity contribution is 5.64. The Hall–Kier alpha value is -1.05. The molecule has 16 heavy (non-hydrogen) atoms. The van der Waals surface area contributed by atoms with Gasteiger partial charge in [0, 0.05) is 5.97 Å². The molecule has 2 nitrogen and oxygen atoms in total. The smallest absolute Gasteiger partial charge is 0.0414 e. The molecule has 0 atom stereocenters. The first-order valence-corrected chi connectivity index (χ1v) is 6.27. The molecule has 0 rings (SSSR count). The molecule has 0 aromatic carbocycles. The molecule has 0 radical (unpaired) electrons.